The van der Waals surface area contributed by atoms with Crippen molar-refractivity contribution in [1.82, 2.24) is 25.3 Å². The summed E-state index contributed by atoms with van der Waals surface area (Å²) < 4.78 is 1.56. The van der Waals surface area contributed by atoms with E-state index in [4.69, 9.17) is 0 Å². The van der Waals surface area contributed by atoms with Crippen LogP contribution in [-0.4, -0.2) is 51.4 Å². The first-order valence-electron chi connectivity index (χ1n) is 13.1. The number of anilines is 2. The molecule has 1 atom stereocenters. The molecule has 0 saturated heterocycles. The van der Waals surface area contributed by atoms with Crippen LogP contribution in [-0.2, 0) is 16.1 Å². The Kier molecular flexibility index (Phi) is 7.21. The molecule has 40 heavy (non-hydrogen) atoms. The Morgan fingerprint density at radius 3 is 2.27 bits per heavy atom. The Balaban J connectivity index is 1.65. The van der Waals surface area contributed by atoms with Gasteiger partial charge in [-0.05, 0) is 62.7 Å². The highest BCUT2D eigenvalue weighted by Gasteiger charge is 2.35. The Morgan fingerprint density at radius 1 is 0.900 bits per heavy atom. The van der Waals surface area contributed by atoms with Crippen molar-refractivity contribution in [2.75, 3.05) is 23.9 Å². The highest BCUT2D eigenvalue weighted by Crippen LogP contribution is 2.31. The largest absolute Gasteiger partial charge is 0.378 e. The van der Waals surface area contributed by atoms with Crippen molar-refractivity contribution in [3.63, 3.8) is 0 Å². The normalized spacial score (nSPS) is 12.3. The Bertz CT molecular complexity index is 1670. The molecule has 2 aromatic heterocycles. The first-order valence-corrected chi connectivity index (χ1v) is 13.1. The first-order chi connectivity index (χ1) is 19.1. The van der Waals surface area contributed by atoms with Crippen LogP contribution in [0.15, 0.2) is 85.1 Å². The van der Waals surface area contributed by atoms with Gasteiger partial charge in [0.15, 0.2) is 0 Å². The summed E-state index contributed by atoms with van der Waals surface area (Å²) in [5, 5.41) is 12.4. The molecule has 5 aromatic rings. The van der Waals surface area contributed by atoms with Crippen molar-refractivity contribution in [3.8, 4) is 0 Å². The molecule has 0 fully saturated rings. The van der Waals surface area contributed by atoms with Gasteiger partial charge in [0.25, 0.3) is 0 Å². The van der Waals surface area contributed by atoms with Crippen molar-refractivity contribution in [3.05, 3.63) is 90.6 Å². The predicted molar refractivity (Wildman–Crippen MR) is 158 cm³/mol. The third-order valence-corrected chi connectivity index (χ3v) is 6.56. The molecule has 9 heteroatoms. The lowest BCUT2D eigenvalue weighted by Gasteiger charge is -2.34. The zero-order chi connectivity index (χ0) is 28.4. The number of hydrogen-bond donors (Lipinski definition) is 1. The van der Waals surface area contributed by atoms with Crippen LogP contribution in [0.4, 0.5) is 11.4 Å². The second-order valence-corrected chi connectivity index (χ2v) is 11.0. The van der Waals surface area contributed by atoms with Crippen molar-refractivity contribution < 1.29 is 9.59 Å². The van der Waals surface area contributed by atoms with Gasteiger partial charge < -0.3 is 10.2 Å². The topological polar surface area (TPSA) is 96.2 Å². The molecule has 2 heterocycles. The minimum absolute atomic E-state index is 0.109. The summed E-state index contributed by atoms with van der Waals surface area (Å²) in [6.07, 6.45) is 1.64. The second-order valence-electron chi connectivity index (χ2n) is 11.0. The smallest absolute Gasteiger partial charge is 0.249 e. The zero-order valence-electron chi connectivity index (χ0n) is 23.4. The van der Waals surface area contributed by atoms with E-state index < -0.39 is 11.6 Å². The average Bonchev–Trinajstić information content (AvgIpc) is 3.33. The molecule has 0 aliphatic heterocycles. The van der Waals surface area contributed by atoms with Crippen LogP contribution in [0.25, 0.3) is 21.9 Å². The number of amides is 2. The number of carbonyl (C=O) groups is 2. The Hall–Kier alpha value is -4.79. The van der Waals surface area contributed by atoms with Crippen LogP contribution in [0, 0.1) is 0 Å². The van der Waals surface area contributed by atoms with Crippen LogP contribution in [0.3, 0.4) is 0 Å². The highest BCUT2D eigenvalue weighted by molar-refractivity contribution is 6.02. The molecule has 5 rings (SSSR count). The third kappa shape index (κ3) is 5.63. The monoisotopic (exact) mass is 535 g/mol. The predicted octanol–water partition coefficient (Wildman–Crippen LogP) is 4.73. The summed E-state index contributed by atoms with van der Waals surface area (Å²) in [7, 11) is 3.91. The van der Waals surface area contributed by atoms with E-state index in [1.165, 1.54) is 4.90 Å². The average molecular weight is 536 g/mol. The number of pyridine rings is 1. The number of carbonyl (C=O) groups excluding carboxylic acids is 2. The second kappa shape index (κ2) is 10.8. The van der Waals surface area contributed by atoms with Gasteiger partial charge in [-0.25, -0.2) is 4.68 Å². The summed E-state index contributed by atoms with van der Waals surface area (Å²) >= 11 is 0. The van der Waals surface area contributed by atoms with E-state index >= 15 is 0 Å². The SMILES string of the molecule is CN(C)c1ccc([C@H](C(=O)NC(C)(C)C)N(C(=O)Cn2nnc3ccccc32)c2cnc3ccccc3c2)cc1. The van der Waals surface area contributed by atoms with E-state index in [0.717, 1.165) is 22.1 Å². The van der Waals surface area contributed by atoms with Gasteiger partial charge in [-0.2, -0.15) is 0 Å². The summed E-state index contributed by atoms with van der Waals surface area (Å²) in [4.78, 5) is 36.4. The summed E-state index contributed by atoms with van der Waals surface area (Å²) in [6.45, 7) is 5.65. The minimum Gasteiger partial charge on any atom is -0.378 e. The van der Waals surface area contributed by atoms with Gasteiger partial charge in [-0.15, -0.1) is 5.10 Å². The number of benzene rings is 3. The fraction of sp³-hybridized carbons (Fsp3) is 0.258. The lowest BCUT2D eigenvalue weighted by Crippen LogP contribution is -2.50. The Labute approximate surface area is 233 Å². The number of aromatic nitrogens is 4. The van der Waals surface area contributed by atoms with Crippen LogP contribution >= 0.6 is 0 Å². The van der Waals surface area contributed by atoms with Gasteiger partial charge in [0, 0.05) is 30.7 Å². The standard InChI is InChI=1S/C31H33N7O2/c1-31(2,3)33-30(40)29(21-14-16-23(17-15-21)36(4)5)38(24-18-22-10-6-7-11-25(22)32-19-24)28(39)20-37-27-13-9-8-12-26(27)34-35-37/h6-19,29H,20H2,1-5H3,(H,33,40)/t29-/m1/s1. The summed E-state index contributed by atoms with van der Waals surface area (Å²) in [6, 6.07) is 23.8. The maximum absolute atomic E-state index is 14.3. The van der Waals surface area contributed by atoms with Crippen LogP contribution in [0.5, 0.6) is 0 Å². The molecule has 0 aliphatic rings. The lowest BCUT2D eigenvalue weighted by atomic mass is 10.00. The van der Waals surface area contributed by atoms with E-state index in [0.29, 0.717) is 16.8 Å². The number of rotatable bonds is 7. The minimum atomic E-state index is -0.958. The van der Waals surface area contributed by atoms with Crippen LogP contribution in [0.2, 0.25) is 0 Å². The number of hydrogen-bond acceptors (Lipinski definition) is 6. The van der Waals surface area contributed by atoms with Crippen molar-refractivity contribution >= 4 is 45.1 Å². The fourth-order valence-electron chi connectivity index (χ4n) is 4.68. The molecule has 0 bridgehead atoms. The van der Waals surface area contributed by atoms with Crippen molar-refractivity contribution in [1.29, 1.82) is 0 Å². The van der Waals surface area contributed by atoms with Gasteiger partial charge in [0.1, 0.15) is 18.1 Å². The first kappa shape index (κ1) is 26.8. The van der Waals surface area contributed by atoms with Gasteiger partial charge in [-0.3, -0.25) is 19.5 Å². The quantitative estimate of drug-likeness (QED) is 0.324. The van der Waals surface area contributed by atoms with Gasteiger partial charge >= 0.3 is 0 Å². The molecule has 2 amide bonds. The lowest BCUT2D eigenvalue weighted by molar-refractivity contribution is -0.128. The van der Waals surface area contributed by atoms with E-state index in [-0.39, 0.29) is 18.4 Å². The summed E-state index contributed by atoms with van der Waals surface area (Å²) in [5.41, 5.74) is 3.88. The fourth-order valence-corrected chi connectivity index (χ4v) is 4.68. The van der Waals surface area contributed by atoms with Crippen molar-refractivity contribution in [2.24, 2.45) is 0 Å². The number of nitrogens with zero attached hydrogens (tertiary/aromatic N) is 6. The maximum atomic E-state index is 14.3. The molecule has 0 radical (unpaired) electrons. The van der Waals surface area contributed by atoms with E-state index in [1.54, 1.807) is 10.9 Å². The summed E-state index contributed by atoms with van der Waals surface area (Å²) in [5.74, 6) is -0.617. The molecule has 0 spiro atoms. The molecule has 204 valence electrons. The molecule has 0 saturated carbocycles. The molecule has 0 unspecified atom stereocenters. The van der Waals surface area contributed by atoms with Gasteiger partial charge in [-0.1, -0.05) is 47.7 Å². The third-order valence-electron chi connectivity index (χ3n) is 6.56. The number of para-hydroxylation sites is 2. The van der Waals surface area contributed by atoms with E-state index in [2.05, 4.69) is 20.6 Å². The van der Waals surface area contributed by atoms with E-state index in [9.17, 15) is 9.59 Å². The highest BCUT2D eigenvalue weighted by atomic mass is 16.2. The zero-order valence-corrected chi connectivity index (χ0v) is 23.4. The molecule has 0 aliphatic carbocycles. The number of fused-ring (bicyclic) bond motifs is 2. The molecule has 3 aromatic carbocycles. The van der Waals surface area contributed by atoms with Crippen LogP contribution in [0.1, 0.15) is 32.4 Å². The number of nitrogens with one attached hydrogen (secondary N) is 1. The maximum Gasteiger partial charge on any atom is 0.249 e. The molecule has 9 nitrogen and oxygen atoms in total. The van der Waals surface area contributed by atoms with E-state index in [1.807, 2.05) is 119 Å². The van der Waals surface area contributed by atoms with Crippen molar-refractivity contribution in [2.45, 2.75) is 38.9 Å². The van der Waals surface area contributed by atoms with Gasteiger partial charge in [0.2, 0.25) is 11.8 Å². The van der Waals surface area contributed by atoms with Gasteiger partial charge in [0.05, 0.1) is 22.9 Å². The molecule has 1 N–H and O–H groups in total. The molecular weight excluding hydrogens is 502 g/mol. The molecular formula is C31H33N7O2. The van der Waals surface area contributed by atoms with Crippen LogP contribution < -0.4 is 15.1 Å². The Morgan fingerprint density at radius 2 is 1.57 bits per heavy atom.